The van der Waals surface area contributed by atoms with Gasteiger partial charge < -0.3 is 29.6 Å². The van der Waals surface area contributed by atoms with Crippen LogP contribution in [0, 0.1) is 5.92 Å². The van der Waals surface area contributed by atoms with Crippen molar-refractivity contribution in [1.29, 1.82) is 0 Å². The lowest BCUT2D eigenvalue weighted by atomic mass is 9.93. The normalized spacial score (nSPS) is 19.8. The lowest BCUT2D eigenvalue weighted by molar-refractivity contribution is -0.931. The van der Waals surface area contributed by atoms with E-state index in [0.717, 1.165) is 48.6 Å². The highest BCUT2D eigenvalue weighted by Crippen LogP contribution is 2.34. The van der Waals surface area contributed by atoms with Gasteiger partial charge in [0.05, 0.1) is 33.9 Å². The number of rotatable bonds is 8. The molecule has 1 aromatic heterocycles. The number of ether oxygens (including phenoxy) is 4. The summed E-state index contributed by atoms with van der Waals surface area (Å²) in [4.78, 5) is 13.0. The Morgan fingerprint density at radius 1 is 1.11 bits per heavy atom. The average molecular weight is 482 g/mol. The first kappa shape index (κ1) is 22.9. The third-order valence-electron chi connectivity index (χ3n) is 6.77. The van der Waals surface area contributed by atoms with Crippen molar-refractivity contribution in [3.63, 3.8) is 0 Å². The molecule has 3 N–H and O–H groups in total. The highest BCUT2D eigenvalue weighted by atomic mass is 16.7. The van der Waals surface area contributed by atoms with Crippen molar-refractivity contribution in [1.82, 2.24) is 20.2 Å². The maximum atomic E-state index is 11.7. The van der Waals surface area contributed by atoms with Crippen LogP contribution in [0.3, 0.4) is 0 Å². The molecule has 2 aliphatic heterocycles. The van der Waals surface area contributed by atoms with Crippen LogP contribution in [0.4, 0.5) is 0 Å². The Balaban J connectivity index is 1.49. The highest BCUT2D eigenvalue weighted by Gasteiger charge is 2.36. The molecule has 1 saturated heterocycles. The number of hydrogen-bond donors (Lipinski definition) is 2. The molecule has 1 atom stereocenters. The molecule has 184 valence electrons. The van der Waals surface area contributed by atoms with Gasteiger partial charge in [0, 0.05) is 24.3 Å². The van der Waals surface area contributed by atoms with E-state index in [9.17, 15) is 4.79 Å². The zero-order valence-corrected chi connectivity index (χ0v) is 19.8. The predicted octanol–water partition coefficient (Wildman–Crippen LogP) is 0.337. The number of aromatic nitrogens is 4. The fraction of sp³-hybridized carbons (Fsp3) is 0.417. The van der Waals surface area contributed by atoms with E-state index in [4.69, 9.17) is 24.7 Å². The fourth-order valence-electron chi connectivity index (χ4n) is 4.90. The largest absolute Gasteiger partial charge is 0.493 e. The number of tetrazole rings is 1. The van der Waals surface area contributed by atoms with E-state index in [-0.39, 0.29) is 24.7 Å². The summed E-state index contributed by atoms with van der Waals surface area (Å²) in [5.41, 5.74) is 7.57. The van der Waals surface area contributed by atoms with Gasteiger partial charge in [-0.25, -0.2) is 4.68 Å². The number of fused-ring (bicyclic) bond motifs is 1. The monoisotopic (exact) mass is 481 g/mol. The van der Waals surface area contributed by atoms with E-state index in [0.29, 0.717) is 23.8 Å². The zero-order valence-electron chi connectivity index (χ0n) is 19.8. The highest BCUT2D eigenvalue weighted by molar-refractivity contribution is 5.76. The SMILES string of the molecule is COc1ccc([C@@H](c2nnnn2Cc2ccc3c(c2)OCO3)[NH+]2CCC(C(N)=O)CC2)cc1OC. The third kappa shape index (κ3) is 4.59. The van der Waals surface area contributed by atoms with E-state index < -0.39 is 0 Å². The second-order valence-electron chi connectivity index (χ2n) is 8.76. The Morgan fingerprint density at radius 3 is 2.63 bits per heavy atom. The Hall–Kier alpha value is -3.86. The molecule has 1 amide bonds. The van der Waals surface area contributed by atoms with Gasteiger partial charge in [-0.2, -0.15) is 0 Å². The summed E-state index contributed by atoms with van der Waals surface area (Å²) < 4.78 is 23.8. The summed E-state index contributed by atoms with van der Waals surface area (Å²) in [5, 5.41) is 12.8. The van der Waals surface area contributed by atoms with Crippen molar-refractivity contribution >= 4 is 5.91 Å². The van der Waals surface area contributed by atoms with E-state index >= 15 is 0 Å². The van der Waals surface area contributed by atoms with Crippen LogP contribution in [0.15, 0.2) is 36.4 Å². The van der Waals surface area contributed by atoms with Crippen molar-refractivity contribution in [3.8, 4) is 23.0 Å². The van der Waals surface area contributed by atoms with Crippen molar-refractivity contribution in [2.75, 3.05) is 34.1 Å². The Morgan fingerprint density at radius 2 is 1.89 bits per heavy atom. The Kier molecular flexibility index (Phi) is 6.41. The maximum Gasteiger partial charge on any atom is 0.231 e. The van der Waals surface area contributed by atoms with E-state index in [1.165, 1.54) is 4.90 Å². The van der Waals surface area contributed by atoms with Gasteiger partial charge in [-0.05, 0) is 46.3 Å². The van der Waals surface area contributed by atoms with Gasteiger partial charge in [0.25, 0.3) is 0 Å². The molecule has 5 rings (SSSR count). The van der Waals surface area contributed by atoms with Crippen LogP contribution in [-0.4, -0.2) is 60.2 Å². The summed E-state index contributed by atoms with van der Waals surface area (Å²) in [7, 11) is 3.23. The minimum Gasteiger partial charge on any atom is -0.493 e. The van der Waals surface area contributed by atoms with Crippen LogP contribution in [0.5, 0.6) is 23.0 Å². The van der Waals surface area contributed by atoms with E-state index in [2.05, 4.69) is 15.5 Å². The van der Waals surface area contributed by atoms with Crippen LogP contribution in [-0.2, 0) is 11.3 Å². The molecular formula is C24H29N6O5+. The van der Waals surface area contributed by atoms with Crippen LogP contribution in [0.25, 0.3) is 0 Å². The first-order valence-electron chi connectivity index (χ1n) is 11.6. The number of piperidine rings is 1. The van der Waals surface area contributed by atoms with E-state index in [1.54, 1.807) is 14.2 Å². The summed E-state index contributed by atoms with van der Waals surface area (Å²) in [6.45, 7) is 2.23. The second-order valence-corrected chi connectivity index (χ2v) is 8.76. The summed E-state index contributed by atoms with van der Waals surface area (Å²) >= 11 is 0. The average Bonchev–Trinajstić information content (AvgIpc) is 3.54. The van der Waals surface area contributed by atoms with Gasteiger partial charge in [0.1, 0.15) is 0 Å². The zero-order chi connectivity index (χ0) is 24.4. The van der Waals surface area contributed by atoms with Crippen molar-refractivity contribution in [2.24, 2.45) is 11.7 Å². The minimum atomic E-state index is -0.237. The molecule has 0 unspecified atom stereocenters. The second kappa shape index (κ2) is 9.79. The van der Waals surface area contributed by atoms with Gasteiger partial charge in [-0.1, -0.05) is 6.07 Å². The van der Waals surface area contributed by atoms with Crippen LogP contribution >= 0.6 is 0 Å². The molecule has 1 fully saturated rings. The van der Waals surface area contributed by atoms with Crippen LogP contribution in [0.1, 0.15) is 35.8 Å². The number of nitrogens with zero attached hydrogens (tertiary/aromatic N) is 4. The molecule has 11 heteroatoms. The van der Waals surface area contributed by atoms with Gasteiger partial charge >= 0.3 is 0 Å². The fourth-order valence-corrected chi connectivity index (χ4v) is 4.90. The predicted molar refractivity (Wildman–Crippen MR) is 123 cm³/mol. The molecule has 35 heavy (non-hydrogen) atoms. The number of likely N-dealkylation sites (tertiary alicyclic amines) is 1. The van der Waals surface area contributed by atoms with E-state index in [1.807, 2.05) is 41.1 Å². The van der Waals surface area contributed by atoms with Gasteiger partial charge in [0.2, 0.25) is 18.5 Å². The summed E-state index contributed by atoms with van der Waals surface area (Å²) in [6.07, 6.45) is 1.44. The Bertz CT molecular complexity index is 1210. The third-order valence-corrected chi connectivity index (χ3v) is 6.77. The number of carbonyl (C=O) groups excluding carboxylic acids is 1. The number of carbonyl (C=O) groups is 1. The number of quaternary nitrogens is 1. The van der Waals surface area contributed by atoms with Crippen LogP contribution < -0.4 is 29.6 Å². The lowest BCUT2D eigenvalue weighted by Crippen LogP contribution is -3.13. The topological polar surface area (TPSA) is 128 Å². The van der Waals surface area contributed by atoms with Crippen molar-refractivity contribution in [2.45, 2.75) is 25.4 Å². The molecule has 2 aromatic carbocycles. The van der Waals surface area contributed by atoms with Gasteiger partial charge in [-0.15, -0.1) is 5.10 Å². The van der Waals surface area contributed by atoms with Crippen molar-refractivity contribution in [3.05, 3.63) is 53.3 Å². The quantitative estimate of drug-likeness (QED) is 0.471. The minimum absolute atomic E-state index is 0.102. The molecule has 0 aliphatic carbocycles. The number of benzene rings is 2. The molecular weight excluding hydrogens is 452 g/mol. The molecule has 3 heterocycles. The first-order valence-corrected chi connectivity index (χ1v) is 11.6. The van der Waals surface area contributed by atoms with Gasteiger partial charge in [0.15, 0.2) is 29.0 Å². The standard InChI is InChI=1S/C24H28N6O5/c1-32-18-6-4-17(12-20(18)33-2)22(29-9-7-16(8-10-29)23(25)31)24-26-27-28-30(24)13-15-3-5-19-21(11-15)35-14-34-19/h3-6,11-12,16,22H,7-10,13-14H2,1-2H3,(H2,25,31)/p+1/t22-/m0/s1. The molecule has 0 spiro atoms. The maximum absolute atomic E-state index is 11.7. The molecule has 0 bridgehead atoms. The molecule has 0 saturated carbocycles. The smallest absolute Gasteiger partial charge is 0.231 e. The number of amides is 1. The number of primary amides is 1. The van der Waals surface area contributed by atoms with Crippen LogP contribution in [0.2, 0.25) is 0 Å². The Labute approximate surface area is 202 Å². The number of hydrogen-bond acceptors (Lipinski definition) is 8. The van der Waals surface area contributed by atoms with Crippen molar-refractivity contribution < 1.29 is 28.6 Å². The number of nitrogens with two attached hydrogens (primary N) is 1. The molecule has 11 nitrogen and oxygen atoms in total. The number of methoxy groups -OCH3 is 2. The number of nitrogens with one attached hydrogen (secondary N) is 1. The first-order chi connectivity index (χ1) is 17.1. The molecule has 0 radical (unpaired) electrons. The molecule has 3 aromatic rings. The lowest BCUT2D eigenvalue weighted by Gasteiger charge is -2.33. The summed E-state index contributed by atoms with van der Waals surface area (Å²) in [6, 6.07) is 11.5. The summed E-state index contributed by atoms with van der Waals surface area (Å²) in [5.74, 6) is 3.12. The van der Waals surface area contributed by atoms with Gasteiger partial charge in [-0.3, -0.25) is 4.79 Å². The molecule has 2 aliphatic rings.